The smallest absolute Gasteiger partial charge is 0.0831 e. The standard InChI is InChI=1S/C16H28N2O/c1-5-13-9-10-14(18-12-13)11-15(17)16(6-2,7-3)19-8-4/h9-10,12,15H,5-8,11,17H2,1-4H3. The van der Waals surface area contributed by atoms with Gasteiger partial charge in [0, 0.05) is 31.0 Å². The molecule has 0 bridgehead atoms. The Morgan fingerprint density at radius 3 is 2.32 bits per heavy atom. The zero-order valence-corrected chi connectivity index (χ0v) is 12.8. The van der Waals surface area contributed by atoms with Crippen LogP contribution in [-0.4, -0.2) is 23.2 Å². The molecule has 0 saturated carbocycles. The first-order chi connectivity index (χ1) is 9.11. The lowest BCUT2D eigenvalue weighted by molar-refractivity contribution is -0.0635. The average Bonchev–Trinajstić information content (AvgIpc) is 2.45. The molecule has 0 saturated heterocycles. The van der Waals surface area contributed by atoms with Crippen molar-refractivity contribution in [2.75, 3.05) is 6.61 Å². The van der Waals surface area contributed by atoms with Crippen LogP contribution in [-0.2, 0) is 17.6 Å². The number of rotatable bonds is 8. The number of pyridine rings is 1. The number of aryl methyl sites for hydroxylation is 1. The van der Waals surface area contributed by atoms with E-state index >= 15 is 0 Å². The summed E-state index contributed by atoms with van der Waals surface area (Å²) >= 11 is 0. The molecule has 108 valence electrons. The van der Waals surface area contributed by atoms with Crippen LogP contribution in [0.3, 0.4) is 0 Å². The second-order valence-electron chi connectivity index (χ2n) is 5.03. The SMILES string of the molecule is CCOC(CC)(CC)C(N)Cc1ccc(CC)cn1. The maximum Gasteiger partial charge on any atom is 0.0831 e. The van der Waals surface area contributed by atoms with E-state index < -0.39 is 0 Å². The molecule has 0 aliphatic carbocycles. The van der Waals surface area contributed by atoms with Crippen LogP contribution in [0.25, 0.3) is 0 Å². The largest absolute Gasteiger partial charge is 0.374 e. The average molecular weight is 264 g/mol. The molecular weight excluding hydrogens is 236 g/mol. The predicted octanol–water partition coefficient (Wildman–Crippen LogP) is 3.11. The fraction of sp³-hybridized carbons (Fsp3) is 0.688. The monoisotopic (exact) mass is 264 g/mol. The van der Waals surface area contributed by atoms with Crippen LogP contribution >= 0.6 is 0 Å². The molecule has 19 heavy (non-hydrogen) atoms. The Bertz CT molecular complexity index is 358. The second kappa shape index (κ2) is 7.61. The van der Waals surface area contributed by atoms with Crippen molar-refractivity contribution in [2.24, 2.45) is 5.73 Å². The highest BCUT2D eigenvalue weighted by Crippen LogP contribution is 2.25. The lowest BCUT2D eigenvalue weighted by atomic mass is 9.86. The lowest BCUT2D eigenvalue weighted by Gasteiger charge is -2.37. The third kappa shape index (κ3) is 4.02. The first-order valence-electron chi connectivity index (χ1n) is 7.45. The van der Waals surface area contributed by atoms with Crippen molar-refractivity contribution >= 4 is 0 Å². The van der Waals surface area contributed by atoms with Gasteiger partial charge in [-0.15, -0.1) is 0 Å². The summed E-state index contributed by atoms with van der Waals surface area (Å²) in [4.78, 5) is 4.50. The van der Waals surface area contributed by atoms with E-state index in [1.165, 1.54) is 5.56 Å². The first-order valence-corrected chi connectivity index (χ1v) is 7.45. The second-order valence-corrected chi connectivity index (χ2v) is 5.03. The highest BCUT2D eigenvalue weighted by atomic mass is 16.5. The van der Waals surface area contributed by atoms with E-state index in [1.54, 1.807) is 0 Å². The Labute approximate surface area is 117 Å². The molecule has 0 radical (unpaired) electrons. The van der Waals surface area contributed by atoms with Gasteiger partial charge >= 0.3 is 0 Å². The minimum Gasteiger partial charge on any atom is -0.374 e. The molecule has 2 N–H and O–H groups in total. The third-order valence-corrected chi connectivity index (χ3v) is 4.03. The maximum atomic E-state index is 6.40. The van der Waals surface area contributed by atoms with Crippen LogP contribution in [0.5, 0.6) is 0 Å². The Kier molecular flexibility index (Phi) is 6.46. The molecule has 0 amide bonds. The minimum absolute atomic E-state index is 0.0116. The van der Waals surface area contributed by atoms with Gasteiger partial charge in [-0.2, -0.15) is 0 Å². The van der Waals surface area contributed by atoms with Crippen molar-refractivity contribution in [1.82, 2.24) is 4.98 Å². The summed E-state index contributed by atoms with van der Waals surface area (Å²) in [6, 6.07) is 4.21. The number of ether oxygens (including phenoxy) is 1. The van der Waals surface area contributed by atoms with Crippen molar-refractivity contribution in [2.45, 2.75) is 65.0 Å². The summed E-state index contributed by atoms with van der Waals surface area (Å²) in [5, 5.41) is 0. The molecule has 3 heteroatoms. The van der Waals surface area contributed by atoms with Crippen LogP contribution in [0.15, 0.2) is 18.3 Å². The van der Waals surface area contributed by atoms with Crippen LogP contribution in [0, 0.1) is 0 Å². The van der Waals surface area contributed by atoms with E-state index in [1.807, 2.05) is 13.1 Å². The molecule has 0 fully saturated rings. The van der Waals surface area contributed by atoms with Crippen molar-refractivity contribution in [3.05, 3.63) is 29.6 Å². The fourth-order valence-electron chi connectivity index (χ4n) is 2.57. The Hall–Kier alpha value is -0.930. The van der Waals surface area contributed by atoms with Gasteiger partial charge in [-0.25, -0.2) is 0 Å². The minimum atomic E-state index is -0.222. The zero-order chi connectivity index (χ0) is 14.3. The van der Waals surface area contributed by atoms with E-state index in [9.17, 15) is 0 Å². The van der Waals surface area contributed by atoms with Gasteiger partial charge < -0.3 is 10.5 Å². The molecule has 1 aromatic rings. The molecule has 1 heterocycles. The van der Waals surface area contributed by atoms with E-state index in [0.717, 1.165) is 31.4 Å². The topological polar surface area (TPSA) is 48.1 Å². The number of nitrogens with two attached hydrogens (primary N) is 1. The summed E-state index contributed by atoms with van der Waals surface area (Å²) < 4.78 is 5.95. The third-order valence-electron chi connectivity index (χ3n) is 4.03. The van der Waals surface area contributed by atoms with Crippen LogP contribution in [0.2, 0.25) is 0 Å². The molecule has 3 nitrogen and oxygen atoms in total. The Balaban J connectivity index is 2.77. The molecule has 1 aromatic heterocycles. The van der Waals surface area contributed by atoms with Crippen LogP contribution in [0.1, 0.15) is 51.8 Å². The van der Waals surface area contributed by atoms with Crippen molar-refractivity contribution in [3.63, 3.8) is 0 Å². The summed E-state index contributed by atoms with van der Waals surface area (Å²) in [6.45, 7) is 9.16. The van der Waals surface area contributed by atoms with E-state index in [0.29, 0.717) is 6.61 Å². The van der Waals surface area contributed by atoms with Crippen molar-refractivity contribution in [1.29, 1.82) is 0 Å². The molecule has 1 atom stereocenters. The quantitative estimate of drug-likeness (QED) is 0.785. The molecule has 0 aromatic carbocycles. The zero-order valence-electron chi connectivity index (χ0n) is 12.8. The van der Waals surface area contributed by atoms with Crippen LogP contribution < -0.4 is 5.73 Å². The van der Waals surface area contributed by atoms with Gasteiger partial charge in [0.2, 0.25) is 0 Å². The number of hydrogen-bond donors (Lipinski definition) is 1. The van der Waals surface area contributed by atoms with Crippen LogP contribution in [0.4, 0.5) is 0 Å². The van der Waals surface area contributed by atoms with Gasteiger partial charge in [-0.3, -0.25) is 4.98 Å². The van der Waals surface area contributed by atoms with Gasteiger partial charge in [0.05, 0.1) is 5.60 Å². The normalized spacial score (nSPS) is 13.5. The number of nitrogens with zero attached hydrogens (tertiary/aromatic N) is 1. The summed E-state index contributed by atoms with van der Waals surface area (Å²) in [6.07, 6.45) is 5.61. The highest BCUT2D eigenvalue weighted by Gasteiger charge is 2.34. The summed E-state index contributed by atoms with van der Waals surface area (Å²) in [5.41, 5.74) is 8.49. The summed E-state index contributed by atoms with van der Waals surface area (Å²) in [5.74, 6) is 0. The predicted molar refractivity (Wildman–Crippen MR) is 80.2 cm³/mol. The Morgan fingerprint density at radius 1 is 1.21 bits per heavy atom. The Morgan fingerprint density at radius 2 is 1.89 bits per heavy atom. The lowest BCUT2D eigenvalue weighted by Crippen LogP contribution is -2.50. The van der Waals surface area contributed by atoms with Gasteiger partial charge in [0.15, 0.2) is 0 Å². The van der Waals surface area contributed by atoms with Crippen molar-refractivity contribution in [3.8, 4) is 0 Å². The fourth-order valence-corrected chi connectivity index (χ4v) is 2.57. The first kappa shape index (κ1) is 16.1. The molecule has 0 spiro atoms. The van der Waals surface area contributed by atoms with Gasteiger partial charge in [0.1, 0.15) is 0 Å². The number of aromatic nitrogens is 1. The van der Waals surface area contributed by atoms with Gasteiger partial charge in [-0.05, 0) is 37.8 Å². The van der Waals surface area contributed by atoms with Gasteiger partial charge in [0.25, 0.3) is 0 Å². The molecule has 0 aliphatic heterocycles. The maximum absolute atomic E-state index is 6.40. The van der Waals surface area contributed by atoms with E-state index in [4.69, 9.17) is 10.5 Å². The number of hydrogen-bond acceptors (Lipinski definition) is 3. The molecular formula is C16H28N2O. The van der Waals surface area contributed by atoms with E-state index in [-0.39, 0.29) is 11.6 Å². The highest BCUT2D eigenvalue weighted by molar-refractivity contribution is 5.15. The van der Waals surface area contributed by atoms with E-state index in [2.05, 4.69) is 37.9 Å². The van der Waals surface area contributed by atoms with Crippen molar-refractivity contribution < 1.29 is 4.74 Å². The molecule has 1 rings (SSSR count). The van der Waals surface area contributed by atoms with Gasteiger partial charge in [-0.1, -0.05) is 26.8 Å². The molecule has 0 aliphatic rings. The summed E-state index contributed by atoms with van der Waals surface area (Å²) in [7, 11) is 0. The molecule has 1 unspecified atom stereocenters.